The average Bonchev–Trinajstić information content (AvgIpc) is 2.43. The lowest BCUT2D eigenvalue weighted by atomic mass is 9.75. The smallest absolute Gasteiger partial charge is 0.0570 e. The van der Waals surface area contributed by atoms with Gasteiger partial charge in [0.15, 0.2) is 0 Å². The monoisotopic (exact) mass is 286 g/mol. The topological polar surface area (TPSA) is 24.9 Å². The van der Waals surface area contributed by atoms with Gasteiger partial charge < -0.3 is 5.32 Å². The molecular weight excluding hydrogens is 268 g/mol. The third-order valence-electron chi connectivity index (χ3n) is 4.08. The maximum Gasteiger partial charge on any atom is 0.0570 e. The molecule has 1 unspecified atom stereocenters. The van der Waals surface area contributed by atoms with Crippen LogP contribution in [-0.4, -0.2) is 11.0 Å². The highest BCUT2D eigenvalue weighted by Crippen LogP contribution is 2.38. The molecule has 0 amide bonds. The van der Waals surface area contributed by atoms with Crippen LogP contribution in [0.25, 0.3) is 0 Å². The number of nitrogens with zero attached hydrogens (tertiary/aromatic N) is 1. The summed E-state index contributed by atoms with van der Waals surface area (Å²) in [5.74, 6) is 0.641. The van der Waals surface area contributed by atoms with Gasteiger partial charge in [-0.05, 0) is 55.5 Å². The molecule has 1 heterocycles. The average molecular weight is 287 g/mol. The van der Waals surface area contributed by atoms with Crippen molar-refractivity contribution in [1.82, 2.24) is 10.3 Å². The highest BCUT2D eigenvalue weighted by Gasteiger charge is 2.31. The molecule has 1 saturated carbocycles. The Balaban J connectivity index is 1.54. The molecule has 0 radical (unpaired) electrons. The van der Waals surface area contributed by atoms with Crippen molar-refractivity contribution < 1.29 is 0 Å². The first kappa shape index (κ1) is 13.6. The molecule has 1 aliphatic rings. The zero-order valence-electron chi connectivity index (χ0n) is 11.6. The predicted molar refractivity (Wildman–Crippen MR) is 83.0 cm³/mol. The van der Waals surface area contributed by atoms with Crippen molar-refractivity contribution in [2.24, 2.45) is 0 Å². The van der Waals surface area contributed by atoms with Gasteiger partial charge in [0.25, 0.3) is 0 Å². The predicted octanol–water partition coefficient (Wildman–Crippen LogP) is 4.33. The molecule has 2 nitrogen and oxygen atoms in total. The molecule has 2 aromatic rings. The molecule has 1 aromatic heterocycles. The van der Waals surface area contributed by atoms with Crippen LogP contribution in [0, 0.1) is 0 Å². The van der Waals surface area contributed by atoms with Gasteiger partial charge in [0.1, 0.15) is 0 Å². The van der Waals surface area contributed by atoms with Crippen molar-refractivity contribution in [2.75, 3.05) is 0 Å². The third kappa shape index (κ3) is 3.02. The molecule has 0 bridgehead atoms. The molecule has 1 atom stereocenters. The fourth-order valence-corrected chi connectivity index (χ4v) is 3.06. The van der Waals surface area contributed by atoms with Gasteiger partial charge >= 0.3 is 0 Å². The summed E-state index contributed by atoms with van der Waals surface area (Å²) in [5, 5.41) is 4.49. The summed E-state index contributed by atoms with van der Waals surface area (Å²) in [7, 11) is 0. The lowest BCUT2D eigenvalue weighted by molar-refractivity contribution is 0.269. The Morgan fingerprint density at radius 3 is 2.75 bits per heavy atom. The highest BCUT2D eigenvalue weighted by atomic mass is 35.5. The van der Waals surface area contributed by atoms with Gasteiger partial charge in [-0.25, -0.2) is 0 Å². The van der Waals surface area contributed by atoms with Crippen LogP contribution in [0.2, 0.25) is 5.02 Å². The van der Waals surface area contributed by atoms with Crippen molar-refractivity contribution in [3.63, 3.8) is 0 Å². The Bertz CT molecular complexity index is 564. The van der Waals surface area contributed by atoms with Crippen molar-refractivity contribution in [1.29, 1.82) is 0 Å². The summed E-state index contributed by atoms with van der Waals surface area (Å²) >= 11 is 6.05. The van der Waals surface area contributed by atoms with Crippen molar-refractivity contribution in [2.45, 2.75) is 37.8 Å². The Kier molecular flexibility index (Phi) is 4.04. The summed E-state index contributed by atoms with van der Waals surface area (Å²) in [6.07, 6.45) is 4.21. The first-order valence-corrected chi connectivity index (χ1v) is 7.52. The van der Waals surface area contributed by atoms with Crippen LogP contribution in [-0.2, 0) is 0 Å². The SMILES string of the molecule is CC(NC1CC(c2cccc(Cl)c2)C1)c1ccccn1. The van der Waals surface area contributed by atoms with Crippen molar-refractivity contribution in [3.05, 3.63) is 64.9 Å². The second-order valence-electron chi connectivity index (χ2n) is 5.56. The second kappa shape index (κ2) is 5.94. The third-order valence-corrected chi connectivity index (χ3v) is 4.31. The van der Waals surface area contributed by atoms with Crippen LogP contribution in [0.1, 0.15) is 43.0 Å². The zero-order chi connectivity index (χ0) is 13.9. The van der Waals surface area contributed by atoms with Gasteiger partial charge in [0, 0.05) is 23.3 Å². The number of nitrogens with one attached hydrogen (secondary N) is 1. The van der Waals surface area contributed by atoms with E-state index in [0.717, 1.165) is 10.7 Å². The van der Waals surface area contributed by atoms with Crippen LogP contribution >= 0.6 is 11.6 Å². The summed E-state index contributed by atoms with van der Waals surface area (Å²) < 4.78 is 0. The number of halogens is 1. The van der Waals surface area contributed by atoms with E-state index in [-0.39, 0.29) is 0 Å². The minimum atomic E-state index is 0.307. The van der Waals surface area contributed by atoms with E-state index in [0.29, 0.717) is 18.0 Å². The van der Waals surface area contributed by atoms with Crippen LogP contribution < -0.4 is 5.32 Å². The molecule has 1 fully saturated rings. The van der Waals surface area contributed by atoms with Gasteiger partial charge in [-0.3, -0.25) is 4.98 Å². The summed E-state index contributed by atoms with van der Waals surface area (Å²) in [6.45, 7) is 2.18. The van der Waals surface area contributed by atoms with E-state index in [4.69, 9.17) is 11.6 Å². The first-order chi connectivity index (χ1) is 9.72. The highest BCUT2D eigenvalue weighted by molar-refractivity contribution is 6.30. The minimum absolute atomic E-state index is 0.307. The van der Waals surface area contributed by atoms with Crippen LogP contribution in [0.4, 0.5) is 0 Å². The fraction of sp³-hybridized carbons (Fsp3) is 0.353. The molecular formula is C17H19ClN2. The lowest BCUT2D eigenvalue weighted by Gasteiger charge is -2.38. The minimum Gasteiger partial charge on any atom is -0.306 e. The molecule has 1 aliphatic carbocycles. The number of benzene rings is 1. The lowest BCUT2D eigenvalue weighted by Crippen LogP contribution is -2.41. The summed E-state index contributed by atoms with van der Waals surface area (Å²) in [6, 6.07) is 15.2. The largest absolute Gasteiger partial charge is 0.306 e. The van der Waals surface area contributed by atoms with E-state index < -0.39 is 0 Å². The summed E-state index contributed by atoms with van der Waals surface area (Å²) in [4.78, 5) is 4.40. The van der Waals surface area contributed by atoms with Crippen LogP contribution in [0.5, 0.6) is 0 Å². The number of hydrogen-bond acceptors (Lipinski definition) is 2. The Labute approximate surface area is 125 Å². The number of aromatic nitrogens is 1. The van der Waals surface area contributed by atoms with Crippen molar-refractivity contribution >= 4 is 11.6 Å². The Hall–Kier alpha value is -1.38. The van der Waals surface area contributed by atoms with E-state index in [1.165, 1.54) is 18.4 Å². The van der Waals surface area contributed by atoms with Gasteiger partial charge in [-0.15, -0.1) is 0 Å². The molecule has 0 spiro atoms. The van der Waals surface area contributed by atoms with Crippen LogP contribution in [0.3, 0.4) is 0 Å². The molecule has 104 valence electrons. The van der Waals surface area contributed by atoms with E-state index in [1.807, 2.05) is 30.5 Å². The summed E-state index contributed by atoms with van der Waals surface area (Å²) in [5.41, 5.74) is 2.47. The zero-order valence-corrected chi connectivity index (χ0v) is 12.3. The molecule has 0 saturated heterocycles. The first-order valence-electron chi connectivity index (χ1n) is 7.15. The molecule has 0 aliphatic heterocycles. The molecule has 3 rings (SSSR count). The van der Waals surface area contributed by atoms with Crippen LogP contribution in [0.15, 0.2) is 48.7 Å². The Morgan fingerprint density at radius 2 is 2.05 bits per heavy atom. The Morgan fingerprint density at radius 1 is 1.20 bits per heavy atom. The molecule has 3 heteroatoms. The van der Waals surface area contributed by atoms with E-state index in [9.17, 15) is 0 Å². The van der Waals surface area contributed by atoms with Gasteiger partial charge in [-0.2, -0.15) is 0 Å². The van der Waals surface area contributed by atoms with Gasteiger partial charge in [-0.1, -0.05) is 29.8 Å². The number of rotatable bonds is 4. The second-order valence-corrected chi connectivity index (χ2v) is 6.00. The molecule has 20 heavy (non-hydrogen) atoms. The maximum absolute atomic E-state index is 6.05. The van der Waals surface area contributed by atoms with Crippen molar-refractivity contribution in [3.8, 4) is 0 Å². The molecule has 1 aromatic carbocycles. The quantitative estimate of drug-likeness (QED) is 0.905. The van der Waals surface area contributed by atoms with Gasteiger partial charge in [0.2, 0.25) is 0 Å². The number of hydrogen-bond donors (Lipinski definition) is 1. The standard InChI is InChI=1S/C17H19ClN2/c1-12(17-7-2-3-8-19-17)20-16-10-14(11-16)13-5-4-6-15(18)9-13/h2-9,12,14,16,20H,10-11H2,1H3. The normalized spacial score (nSPS) is 23.1. The van der Waals surface area contributed by atoms with E-state index in [1.54, 1.807) is 0 Å². The van der Waals surface area contributed by atoms with E-state index >= 15 is 0 Å². The number of pyridine rings is 1. The van der Waals surface area contributed by atoms with E-state index in [2.05, 4.69) is 35.4 Å². The van der Waals surface area contributed by atoms with Gasteiger partial charge in [0.05, 0.1) is 5.69 Å². The molecule has 1 N–H and O–H groups in total. The fourth-order valence-electron chi connectivity index (χ4n) is 2.86. The maximum atomic E-state index is 6.05.